The summed E-state index contributed by atoms with van der Waals surface area (Å²) in [5.74, 6) is 0.850. The summed E-state index contributed by atoms with van der Waals surface area (Å²) in [6.45, 7) is 3.01. The minimum Gasteiger partial charge on any atom is -0.441 e. The van der Waals surface area contributed by atoms with Gasteiger partial charge in [0.05, 0.1) is 0 Å². The molecule has 0 unspecified atom stereocenters. The molecule has 3 nitrogen and oxygen atoms in total. The van der Waals surface area contributed by atoms with E-state index < -0.39 is 0 Å². The van der Waals surface area contributed by atoms with Crippen molar-refractivity contribution in [1.82, 2.24) is 4.98 Å². The van der Waals surface area contributed by atoms with Crippen LogP contribution in [-0.2, 0) is 12.8 Å². The summed E-state index contributed by atoms with van der Waals surface area (Å²) in [4.78, 5) is 4.56. The van der Waals surface area contributed by atoms with Crippen LogP contribution in [0.1, 0.15) is 82.6 Å². The minimum absolute atomic E-state index is 0.739. The van der Waals surface area contributed by atoms with Crippen LogP contribution in [0.25, 0.3) is 11.1 Å². The monoisotopic (exact) mass is 330 g/mol. The van der Waals surface area contributed by atoms with Crippen molar-refractivity contribution in [3.8, 4) is 0 Å². The third-order valence-electron chi connectivity index (χ3n) is 4.66. The average molecular weight is 331 g/mol. The second-order valence-corrected chi connectivity index (χ2v) is 6.88. The molecule has 0 spiro atoms. The fourth-order valence-electron chi connectivity index (χ4n) is 3.16. The molecule has 0 saturated heterocycles. The van der Waals surface area contributed by atoms with Crippen LogP contribution >= 0.6 is 0 Å². The Hall–Kier alpha value is -1.35. The van der Waals surface area contributed by atoms with Gasteiger partial charge in [0.2, 0.25) is 0 Å². The number of hydrogen-bond acceptors (Lipinski definition) is 3. The van der Waals surface area contributed by atoms with Crippen molar-refractivity contribution >= 4 is 11.1 Å². The SMILES string of the molecule is CCCCCCCCCCc1ccc2nc(CCCCN)oc2c1. The number of rotatable bonds is 13. The molecule has 0 bridgehead atoms. The Morgan fingerprint density at radius 1 is 0.875 bits per heavy atom. The van der Waals surface area contributed by atoms with Gasteiger partial charge in [-0.05, 0) is 49.9 Å². The molecular weight excluding hydrogens is 296 g/mol. The summed E-state index contributed by atoms with van der Waals surface area (Å²) < 4.78 is 5.89. The van der Waals surface area contributed by atoms with Crippen LogP contribution in [0.3, 0.4) is 0 Å². The number of aromatic nitrogens is 1. The van der Waals surface area contributed by atoms with Crippen molar-refractivity contribution in [2.45, 2.75) is 84.0 Å². The van der Waals surface area contributed by atoms with Crippen molar-refractivity contribution in [3.63, 3.8) is 0 Å². The summed E-state index contributed by atoms with van der Waals surface area (Å²) in [5.41, 5.74) is 8.83. The third kappa shape index (κ3) is 6.64. The summed E-state index contributed by atoms with van der Waals surface area (Å²) in [6.07, 6.45) is 15.0. The molecule has 3 heteroatoms. The average Bonchev–Trinajstić information content (AvgIpc) is 2.99. The van der Waals surface area contributed by atoms with E-state index in [4.69, 9.17) is 10.2 Å². The number of fused-ring (bicyclic) bond motifs is 1. The fourth-order valence-corrected chi connectivity index (χ4v) is 3.16. The van der Waals surface area contributed by atoms with Crippen LogP contribution in [0.5, 0.6) is 0 Å². The largest absolute Gasteiger partial charge is 0.441 e. The number of nitrogens with zero attached hydrogens (tertiary/aromatic N) is 1. The molecule has 0 aliphatic carbocycles. The Kier molecular flexibility index (Phi) is 8.90. The van der Waals surface area contributed by atoms with E-state index in [0.717, 1.165) is 49.2 Å². The topological polar surface area (TPSA) is 52.0 Å². The first kappa shape index (κ1) is 19.0. The van der Waals surface area contributed by atoms with E-state index in [1.807, 2.05) is 0 Å². The van der Waals surface area contributed by atoms with Crippen molar-refractivity contribution in [2.24, 2.45) is 5.73 Å². The van der Waals surface area contributed by atoms with Crippen molar-refractivity contribution < 1.29 is 4.42 Å². The first-order valence-electron chi connectivity index (χ1n) is 9.92. The van der Waals surface area contributed by atoms with Gasteiger partial charge in [0, 0.05) is 6.42 Å². The summed E-state index contributed by atoms with van der Waals surface area (Å²) in [6, 6.07) is 6.48. The molecule has 0 radical (unpaired) electrons. The van der Waals surface area contributed by atoms with Crippen LogP contribution in [0.4, 0.5) is 0 Å². The molecule has 0 aliphatic rings. The van der Waals surface area contributed by atoms with Crippen LogP contribution in [0.15, 0.2) is 22.6 Å². The fraction of sp³-hybridized carbons (Fsp3) is 0.667. The maximum Gasteiger partial charge on any atom is 0.195 e. The smallest absolute Gasteiger partial charge is 0.195 e. The van der Waals surface area contributed by atoms with Gasteiger partial charge in [-0.2, -0.15) is 0 Å². The molecule has 1 aromatic carbocycles. The highest BCUT2D eigenvalue weighted by Gasteiger charge is 2.06. The van der Waals surface area contributed by atoms with Gasteiger partial charge in [-0.3, -0.25) is 0 Å². The van der Waals surface area contributed by atoms with E-state index in [1.165, 1.54) is 56.9 Å². The molecule has 2 rings (SSSR count). The second kappa shape index (κ2) is 11.2. The molecule has 24 heavy (non-hydrogen) atoms. The van der Waals surface area contributed by atoms with E-state index in [1.54, 1.807) is 0 Å². The lowest BCUT2D eigenvalue weighted by Crippen LogP contribution is -1.98. The lowest BCUT2D eigenvalue weighted by atomic mass is 10.0. The molecule has 2 aromatic rings. The lowest BCUT2D eigenvalue weighted by molar-refractivity contribution is 0.515. The number of benzene rings is 1. The molecule has 134 valence electrons. The normalized spacial score (nSPS) is 11.4. The molecule has 0 amide bonds. The summed E-state index contributed by atoms with van der Waals surface area (Å²) in [7, 11) is 0. The Balaban J connectivity index is 1.70. The maximum absolute atomic E-state index is 5.89. The zero-order valence-corrected chi connectivity index (χ0v) is 15.4. The quantitative estimate of drug-likeness (QED) is 0.473. The van der Waals surface area contributed by atoms with Crippen LogP contribution in [0, 0.1) is 0 Å². The Labute approximate surface area is 147 Å². The second-order valence-electron chi connectivity index (χ2n) is 6.88. The number of unbranched alkanes of at least 4 members (excludes halogenated alkanes) is 8. The maximum atomic E-state index is 5.89. The van der Waals surface area contributed by atoms with Crippen molar-refractivity contribution in [2.75, 3.05) is 6.54 Å². The predicted octanol–water partition coefficient (Wildman–Crippen LogP) is 5.79. The molecular formula is C21H34N2O. The van der Waals surface area contributed by atoms with E-state index in [-0.39, 0.29) is 0 Å². The third-order valence-corrected chi connectivity index (χ3v) is 4.66. The Morgan fingerprint density at radius 3 is 2.33 bits per heavy atom. The van der Waals surface area contributed by atoms with Gasteiger partial charge in [-0.1, -0.05) is 57.9 Å². The number of nitrogens with two attached hydrogens (primary N) is 1. The van der Waals surface area contributed by atoms with Gasteiger partial charge in [-0.15, -0.1) is 0 Å². The zero-order valence-electron chi connectivity index (χ0n) is 15.4. The molecule has 0 aliphatic heterocycles. The molecule has 0 saturated carbocycles. The van der Waals surface area contributed by atoms with E-state index >= 15 is 0 Å². The van der Waals surface area contributed by atoms with Crippen LogP contribution in [-0.4, -0.2) is 11.5 Å². The first-order valence-corrected chi connectivity index (χ1v) is 9.92. The number of hydrogen-bond donors (Lipinski definition) is 1. The first-order chi connectivity index (χ1) is 11.8. The predicted molar refractivity (Wildman–Crippen MR) is 102 cm³/mol. The lowest BCUT2D eigenvalue weighted by Gasteiger charge is -2.02. The van der Waals surface area contributed by atoms with Gasteiger partial charge in [0.15, 0.2) is 11.5 Å². The summed E-state index contributed by atoms with van der Waals surface area (Å²) in [5, 5.41) is 0. The van der Waals surface area contributed by atoms with E-state index in [9.17, 15) is 0 Å². The number of oxazole rings is 1. The highest BCUT2D eigenvalue weighted by Crippen LogP contribution is 2.20. The molecule has 1 aromatic heterocycles. The summed E-state index contributed by atoms with van der Waals surface area (Å²) >= 11 is 0. The zero-order chi connectivity index (χ0) is 17.0. The van der Waals surface area contributed by atoms with Gasteiger partial charge in [0.25, 0.3) is 0 Å². The van der Waals surface area contributed by atoms with Gasteiger partial charge in [0.1, 0.15) is 5.52 Å². The van der Waals surface area contributed by atoms with Gasteiger partial charge >= 0.3 is 0 Å². The molecule has 0 fully saturated rings. The van der Waals surface area contributed by atoms with Crippen molar-refractivity contribution in [1.29, 1.82) is 0 Å². The standard InChI is InChI=1S/C21H34N2O/c1-2-3-4-5-6-7-8-9-12-18-14-15-19-20(17-18)24-21(23-19)13-10-11-16-22/h14-15,17H,2-13,16,22H2,1H3. The van der Waals surface area contributed by atoms with Gasteiger partial charge in [-0.25, -0.2) is 4.98 Å². The Bertz CT molecular complexity index is 576. The Morgan fingerprint density at radius 2 is 1.58 bits per heavy atom. The van der Waals surface area contributed by atoms with Crippen LogP contribution in [0.2, 0.25) is 0 Å². The van der Waals surface area contributed by atoms with Crippen LogP contribution < -0.4 is 5.73 Å². The highest BCUT2D eigenvalue weighted by molar-refractivity contribution is 5.73. The van der Waals surface area contributed by atoms with E-state index in [0.29, 0.717) is 0 Å². The van der Waals surface area contributed by atoms with Gasteiger partial charge < -0.3 is 10.2 Å². The van der Waals surface area contributed by atoms with Crippen molar-refractivity contribution in [3.05, 3.63) is 29.7 Å². The number of aryl methyl sites for hydroxylation is 2. The van der Waals surface area contributed by atoms with E-state index in [2.05, 4.69) is 30.1 Å². The molecule has 2 N–H and O–H groups in total. The molecule has 1 heterocycles. The highest BCUT2D eigenvalue weighted by atomic mass is 16.3. The molecule has 0 atom stereocenters. The minimum atomic E-state index is 0.739.